The first kappa shape index (κ1) is 56.3. The van der Waals surface area contributed by atoms with Crippen LogP contribution in [0.15, 0.2) is 36.5 Å². The number of hydrogen-bond donors (Lipinski definition) is 9. The molecule has 2 saturated heterocycles. The first-order chi connectivity index (χ1) is 30.1. The summed E-state index contributed by atoms with van der Waals surface area (Å²) in [5.41, 5.74) is 0. The van der Waals surface area contributed by atoms with Gasteiger partial charge in [0.2, 0.25) is 5.91 Å². The van der Waals surface area contributed by atoms with E-state index in [9.17, 15) is 45.6 Å². The molecule has 2 fully saturated rings. The van der Waals surface area contributed by atoms with Crippen molar-refractivity contribution < 1.29 is 64.6 Å². The fraction of sp³-hybridized carbons (Fsp3) is 0.854. The van der Waals surface area contributed by atoms with E-state index in [1.165, 1.54) is 89.9 Å². The molecule has 9 N–H and O–H groups in total. The molecule has 12 unspecified atom stereocenters. The highest BCUT2D eigenvalue weighted by molar-refractivity contribution is 5.76. The molecule has 2 aliphatic heterocycles. The van der Waals surface area contributed by atoms with Gasteiger partial charge in [-0.2, -0.15) is 0 Å². The molecule has 0 radical (unpaired) electrons. The van der Waals surface area contributed by atoms with Gasteiger partial charge in [0.25, 0.3) is 0 Å². The van der Waals surface area contributed by atoms with Crippen LogP contribution in [0, 0.1) is 0 Å². The molecule has 0 saturated carbocycles. The number of carbonyl (C=O) groups is 1. The van der Waals surface area contributed by atoms with Gasteiger partial charge in [0, 0.05) is 6.42 Å². The monoisotopic (exact) mass is 886 g/mol. The molecule has 14 nitrogen and oxygen atoms in total. The second-order valence-electron chi connectivity index (χ2n) is 17.2. The molecule has 2 rings (SSSR count). The van der Waals surface area contributed by atoms with Crippen LogP contribution in [0.5, 0.6) is 0 Å². The van der Waals surface area contributed by atoms with Crippen LogP contribution in [0.3, 0.4) is 0 Å². The molecule has 0 bridgehead atoms. The van der Waals surface area contributed by atoms with Crippen LogP contribution < -0.4 is 5.32 Å². The van der Waals surface area contributed by atoms with Crippen molar-refractivity contribution in [3.63, 3.8) is 0 Å². The largest absolute Gasteiger partial charge is 0.394 e. The van der Waals surface area contributed by atoms with E-state index in [1.807, 2.05) is 6.08 Å². The quantitative estimate of drug-likeness (QED) is 0.0279. The van der Waals surface area contributed by atoms with E-state index in [4.69, 9.17) is 18.9 Å². The molecule has 0 spiro atoms. The number of rotatable bonds is 36. The summed E-state index contributed by atoms with van der Waals surface area (Å²) >= 11 is 0. The number of carbonyl (C=O) groups excluding carboxylic acids is 1. The van der Waals surface area contributed by atoms with E-state index in [0.29, 0.717) is 12.8 Å². The van der Waals surface area contributed by atoms with Gasteiger partial charge in [-0.05, 0) is 44.9 Å². The van der Waals surface area contributed by atoms with Gasteiger partial charge >= 0.3 is 0 Å². The summed E-state index contributed by atoms with van der Waals surface area (Å²) in [4.78, 5) is 12.8. The first-order valence-corrected chi connectivity index (χ1v) is 24.2. The second kappa shape index (κ2) is 35.5. The van der Waals surface area contributed by atoms with Crippen molar-refractivity contribution in [2.45, 2.75) is 242 Å². The van der Waals surface area contributed by atoms with Crippen molar-refractivity contribution >= 4 is 5.91 Å². The highest BCUT2D eigenvalue weighted by atomic mass is 16.7. The minimum atomic E-state index is -1.79. The van der Waals surface area contributed by atoms with E-state index >= 15 is 0 Å². The van der Waals surface area contributed by atoms with Crippen LogP contribution in [0.1, 0.15) is 168 Å². The number of hydrogen-bond acceptors (Lipinski definition) is 13. The number of aliphatic hydroxyl groups is 8. The Morgan fingerprint density at radius 3 is 1.58 bits per heavy atom. The topological polar surface area (TPSA) is 228 Å². The smallest absolute Gasteiger partial charge is 0.220 e. The van der Waals surface area contributed by atoms with Gasteiger partial charge in [0.1, 0.15) is 48.8 Å². The van der Waals surface area contributed by atoms with Crippen molar-refractivity contribution in [3.05, 3.63) is 36.5 Å². The zero-order chi connectivity index (χ0) is 45.4. The summed E-state index contributed by atoms with van der Waals surface area (Å²) in [6.07, 6.45) is 22.9. The van der Waals surface area contributed by atoms with Crippen molar-refractivity contribution in [2.75, 3.05) is 19.8 Å². The van der Waals surface area contributed by atoms with E-state index < -0.39 is 86.8 Å². The van der Waals surface area contributed by atoms with Gasteiger partial charge in [-0.1, -0.05) is 153 Å². The van der Waals surface area contributed by atoms with E-state index in [0.717, 1.165) is 44.9 Å². The molecule has 14 heteroatoms. The Balaban J connectivity index is 1.74. The van der Waals surface area contributed by atoms with Gasteiger partial charge in [0.15, 0.2) is 12.6 Å². The average molecular weight is 886 g/mol. The predicted octanol–water partition coefficient (Wildman–Crippen LogP) is 5.54. The van der Waals surface area contributed by atoms with Crippen LogP contribution in [0.2, 0.25) is 0 Å². The van der Waals surface area contributed by atoms with E-state index in [-0.39, 0.29) is 18.9 Å². The lowest BCUT2D eigenvalue weighted by molar-refractivity contribution is -0.359. The maximum absolute atomic E-state index is 12.8. The minimum Gasteiger partial charge on any atom is -0.394 e. The van der Waals surface area contributed by atoms with Crippen molar-refractivity contribution in [2.24, 2.45) is 0 Å². The van der Waals surface area contributed by atoms with Gasteiger partial charge in [-0.15, -0.1) is 0 Å². The molecule has 1 amide bonds. The first-order valence-electron chi connectivity index (χ1n) is 24.2. The zero-order valence-electron chi connectivity index (χ0n) is 38.1. The van der Waals surface area contributed by atoms with Crippen LogP contribution in [0.25, 0.3) is 0 Å². The maximum atomic E-state index is 12.8. The van der Waals surface area contributed by atoms with Crippen molar-refractivity contribution in [3.8, 4) is 0 Å². The van der Waals surface area contributed by atoms with Crippen LogP contribution in [-0.2, 0) is 23.7 Å². The number of aliphatic hydroxyl groups excluding tert-OH is 8. The Morgan fingerprint density at radius 1 is 0.565 bits per heavy atom. The summed E-state index contributed by atoms with van der Waals surface area (Å²) in [6.45, 7) is 2.61. The highest BCUT2D eigenvalue weighted by Crippen LogP contribution is 2.30. The van der Waals surface area contributed by atoms with Crippen LogP contribution in [0.4, 0.5) is 0 Å². The predicted molar refractivity (Wildman–Crippen MR) is 240 cm³/mol. The summed E-state index contributed by atoms with van der Waals surface area (Å²) < 4.78 is 22.5. The Kier molecular flexibility index (Phi) is 32.2. The molecular weight excluding hydrogens is 799 g/mol. The Morgan fingerprint density at radius 2 is 1.03 bits per heavy atom. The number of nitrogens with one attached hydrogen (secondary N) is 1. The third-order valence-electron chi connectivity index (χ3n) is 11.8. The minimum absolute atomic E-state index is 0.261. The Bertz CT molecular complexity index is 1190. The van der Waals surface area contributed by atoms with Crippen molar-refractivity contribution in [1.29, 1.82) is 0 Å². The lowest BCUT2D eigenvalue weighted by Crippen LogP contribution is -2.65. The number of allylic oxidation sites excluding steroid dienone is 5. The summed E-state index contributed by atoms with van der Waals surface area (Å²) in [7, 11) is 0. The molecule has 0 aromatic carbocycles. The Labute approximate surface area is 372 Å². The number of unbranched alkanes of at least 4 members (excludes halogenated alkanes) is 19. The second-order valence-corrected chi connectivity index (χ2v) is 17.2. The number of ether oxygens (including phenoxy) is 4. The van der Waals surface area contributed by atoms with Crippen LogP contribution >= 0.6 is 0 Å². The summed E-state index contributed by atoms with van der Waals surface area (Å²) in [5.74, 6) is -0.273. The van der Waals surface area contributed by atoms with E-state index in [2.05, 4.69) is 43.5 Å². The lowest BCUT2D eigenvalue weighted by Gasteiger charge is -2.46. The number of amides is 1. The third kappa shape index (κ3) is 22.9. The molecule has 0 aromatic rings. The fourth-order valence-corrected chi connectivity index (χ4v) is 7.79. The average Bonchev–Trinajstić information content (AvgIpc) is 3.27. The van der Waals surface area contributed by atoms with E-state index in [1.54, 1.807) is 6.08 Å². The standard InChI is InChI=1S/C48H87NO13/c1-3-5-7-9-10-11-12-13-14-15-16-17-18-19-20-21-22-23-24-25-26-27-28-29-31-37(52)36(49-40(53)32-30-8-6-4-2)35-59-47-45(58)43(56)46(39(34-51)61-47)62-48-44(57)42(55)41(54)38(33-50)60-48/h21-22,25-26,29,31,36-39,41-48,50-52,54-58H,3-20,23-24,27-28,30,32-35H2,1-2H3,(H,49,53)/b22-21+,26-25+,31-29+. The normalized spacial score (nSPS) is 28.0. The van der Waals surface area contributed by atoms with Gasteiger partial charge < -0.3 is 65.1 Å². The molecular formula is C48H87NO13. The summed E-state index contributed by atoms with van der Waals surface area (Å²) in [6, 6.07) is -0.930. The molecule has 362 valence electrons. The molecule has 12 atom stereocenters. The fourth-order valence-electron chi connectivity index (χ4n) is 7.79. The van der Waals surface area contributed by atoms with Gasteiger partial charge in [-0.25, -0.2) is 0 Å². The lowest BCUT2D eigenvalue weighted by atomic mass is 9.97. The molecule has 2 heterocycles. The van der Waals surface area contributed by atoms with Gasteiger partial charge in [-0.3, -0.25) is 4.79 Å². The highest BCUT2D eigenvalue weighted by Gasteiger charge is 2.51. The molecule has 0 aliphatic carbocycles. The molecule has 62 heavy (non-hydrogen) atoms. The van der Waals surface area contributed by atoms with Crippen LogP contribution in [-0.4, -0.2) is 140 Å². The molecule has 2 aliphatic rings. The van der Waals surface area contributed by atoms with Gasteiger partial charge in [0.05, 0.1) is 32.0 Å². The SMILES string of the molecule is CCCCCCCCCCCCCCCC/C=C/CC/C=C/CC/C=C/C(O)C(COC1OC(CO)C(OC2OC(CO)C(O)C(O)C2O)C(O)C1O)NC(=O)CCCCCC. The molecule has 0 aromatic heterocycles. The summed E-state index contributed by atoms with van der Waals surface area (Å²) in [5, 5.41) is 86.1. The zero-order valence-corrected chi connectivity index (χ0v) is 38.1. The van der Waals surface area contributed by atoms with Crippen molar-refractivity contribution in [1.82, 2.24) is 5.32 Å². The third-order valence-corrected chi connectivity index (χ3v) is 11.8. The Hall–Kier alpha value is -1.79. The maximum Gasteiger partial charge on any atom is 0.220 e.